The molecule has 4 nitrogen and oxygen atoms in total. The van der Waals surface area contributed by atoms with Gasteiger partial charge in [-0.3, -0.25) is 9.89 Å². The van der Waals surface area contributed by atoms with Gasteiger partial charge in [0.2, 0.25) is 5.91 Å². The number of nitrogens with one attached hydrogen (secondary N) is 2. The van der Waals surface area contributed by atoms with Gasteiger partial charge in [-0.05, 0) is 36.5 Å². The van der Waals surface area contributed by atoms with Gasteiger partial charge in [-0.25, -0.2) is 0 Å². The van der Waals surface area contributed by atoms with Crippen molar-refractivity contribution in [3.8, 4) is 0 Å². The number of hydrogen-bond acceptors (Lipinski definition) is 2. The highest BCUT2D eigenvalue weighted by molar-refractivity contribution is 5.78. The molecule has 0 aliphatic heterocycles. The van der Waals surface area contributed by atoms with E-state index in [0.29, 0.717) is 13.0 Å². The molecular weight excluding hydrogens is 262 g/mol. The smallest absolute Gasteiger partial charge is 0.226 e. The summed E-state index contributed by atoms with van der Waals surface area (Å²) in [6, 6.07) is 10.4. The van der Waals surface area contributed by atoms with Crippen LogP contribution in [0.1, 0.15) is 36.6 Å². The Bertz CT molecular complexity index is 621. The van der Waals surface area contributed by atoms with Crippen LogP contribution in [0.2, 0.25) is 0 Å². The Labute approximate surface area is 125 Å². The van der Waals surface area contributed by atoms with Crippen LogP contribution in [-0.2, 0) is 23.1 Å². The zero-order valence-corrected chi connectivity index (χ0v) is 12.4. The van der Waals surface area contributed by atoms with E-state index in [0.717, 1.165) is 18.5 Å². The van der Waals surface area contributed by atoms with Crippen LogP contribution in [-0.4, -0.2) is 22.6 Å². The van der Waals surface area contributed by atoms with Gasteiger partial charge in [0.05, 0.1) is 6.42 Å². The fraction of sp³-hybridized carbons (Fsp3) is 0.412. The van der Waals surface area contributed by atoms with Gasteiger partial charge in [0, 0.05) is 23.9 Å². The van der Waals surface area contributed by atoms with E-state index >= 15 is 0 Å². The van der Waals surface area contributed by atoms with Crippen LogP contribution in [0.15, 0.2) is 36.5 Å². The fourth-order valence-electron chi connectivity index (χ4n) is 3.23. The lowest BCUT2D eigenvalue weighted by Crippen LogP contribution is -2.41. The molecular formula is C17H21N3O. The number of nitrogens with zero attached hydrogens (tertiary/aromatic N) is 1. The van der Waals surface area contributed by atoms with Gasteiger partial charge in [0.25, 0.3) is 0 Å². The summed E-state index contributed by atoms with van der Waals surface area (Å²) < 4.78 is 0. The first-order chi connectivity index (χ1) is 10.2. The number of rotatable bonds is 4. The van der Waals surface area contributed by atoms with Crippen molar-refractivity contribution in [3.63, 3.8) is 0 Å². The summed E-state index contributed by atoms with van der Waals surface area (Å²) in [7, 11) is 0. The lowest BCUT2D eigenvalue weighted by atomic mass is 9.71. The number of aromatic amines is 1. The van der Waals surface area contributed by atoms with E-state index in [9.17, 15) is 4.79 Å². The molecule has 0 saturated carbocycles. The highest BCUT2D eigenvalue weighted by Gasteiger charge is 2.31. The monoisotopic (exact) mass is 283 g/mol. The second kappa shape index (κ2) is 5.72. The standard InChI is InChI=1S/C17H21N3O/c1-17(9-4-6-13-5-2-3-7-15(13)17)12-18-16(21)11-14-8-10-19-20-14/h2-3,5,7-8,10H,4,6,9,11-12H2,1H3,(H,18,21)(H,19,20)/t17-/m1/s1. The van der Waals surface area contributed by atoms with Gasteiger partial charge in [0.15, 0.2) is 0 Å². The topological polar surface area (TPSA) is 57.8 Å². The summed E-state index contributed by atoms with van der Waals surface area (Å²) in [5, 5.41) is 9.77. The molecule has 0 spiro atoms. The van der Waals surface area contributed by atoms with E-state index in [1.807, 2.05) is 6.07 Å². The molecule has 1 aromatic carbocycles. The maximum Gasteiger partial charge on any atom is 0.226 e. The first-order valence-corrected chi connectivity index (χ1v) is 7.51. The largest absolute Gasteiger partial charge is 0.355 e. The van der Waals surface area contributed by atoms with Crippen LogP contribution < -0.4 is 5.32 Å². The van der Waals surface area contributed by atoms with Crippen LogP contribution in [0.5, 0.6) is 0 Å². The number of amides is 1. The molecule has 0 fully saturated rings. The van der Waals surface area contributed by atoms with Crippen molar-refractivity contribution in [2.24, 2.45) is 0 Å². The molecule has 1 heterocycles. The average molecular weight is 283 g/mol. The molecule has 0 bridgehead atoms. The second-order valence-corrected chi connectivity index (χ2v) is 6.11. The molecule has 2 N–H and O–H groups in total. The molecule has 1 aliphatic rings. The molecule has 110 valence electrons. The number of hydrogen-bond donors (Lipinski definition) is 2. The van der Waals surface area contributed by atoms with E-state index in [2.05, 4.69) is 46.7 Å². The normalized spacial score (nSPS) is 20.8. The molecule has 4 heteroatoms. The van der Waals surface area contributed by atoms with Crippen molar-refractivity contribution in [2.75, 3.05) is 6.54 Å². The van der Waals surface area contributed by atoms with E-state index in [4.69, 9.17) is 0 Å². The van der Waals surface area contributed by atoms with E-state index < -0.39 is 0 Å². The molecule has 0 saturated heterocycles. The predicted molar refractivity (Wildman–Crippen MR) is 82.0 cm³/mol. The summed E-state index contributed by atoms with van der Waals surface area (Å²) in [6.45, 7) is 2.94. The highest BCUT2D eigenvalue weighted by atomic mass is 16.1. The number of fused-ring (bicyclic) bond motifs is 1. The lowest BCUT2D eigenvalue weighted by Gasteiger charge is -2.36. The van der Waals surface area contributed by atoms with Gasteiger partial charge < -0.3 is 5.32 Å². The molecule has 1 amide bonds. The van der Waals surface area contributed by atoms with Gasteiger partial charge in [-0.15, -0.1) is 0 Å². The highest BCUT2D eigenvalue weighted by Crippen LogP contribution is 2.36. The summed E-state index contributed by atoms with van der Waals surface area (Å²) in [5.41, 5.74) is 3.70. The van der Waals surface area contributed by atoms with Crippen molar-refractivity contribution >= 4 is 5.91 Å². The van der Waals surface area contributed by atoms with Crippen LogP contribution in [0.3, 0.4) is 0 Å². The Morgan fingerprint density at radius 2 is 2.24 bits per heavy atom. The fourth-order valence-corrected chi connectivity index (χ4v) is 3.23. The zero-order chi connectivity index (χ0) is 14.7. The summed E-state index contributed by atoms with van der Waals surface area (Å²) in [5.74, 6) is 0.0449. The molecule has 1 atom stereocenters. The minimum absolute atomic E-state index is 0.0402. The maximum atomic E-state index is 12.0. The predicted octanol–water partition coefficient (Wildman–Crippen LogP) is 2.36. The first-order valence-electron chi connectivity index (χ1n) is 7.51. The Morgan fingerprint density at radius 1 is 1.38 bits per heavy atom. The van der Waals surface area contributed by atoms with Crippen LogP contribution >= 0.6 is 0 Å². The SMILES string of the molecule is C[C@]1(CNC(=O)Cc2ccn[nH]2)CCCc2ccccc21. The number of benzene rings is 1. The zero-order valence-electron chi connectivity index (χ0n) is 12.4. The molecule has 3 rings (SSSR count). The molecule has 1 aliphatic carbocycles. The molecule has 0 unspecified atom stereocenters. The molecule has 1 aromatic heterocycles. The number of aryl methyl sites for hydroxylation is 1. The maximum absolute atomic E-state index is 12.0. The van der Waals surface area contributed by atoms with Crippen LogP contribution in [0.25, 0.3) is 0 Å². The number of H-pyrrole nitrogens is 1. The van der Waals surface area contributed by atoms with E-state index in [1.165, 1.54) is 17.5 Å². The second-order valence-electron chi connectivity index (χ2n) is 6.11. The Morgan fingerprint density at radius 3 is 3.05 bits per heavy atom. The third-order valence-electron chi connectivity index (χ3n) is 4.43. The molecule has 21 heavy (non-hydrogen) atoms. The Hall–Kier alpha value is -2.10. The van der Waals surface area contributed by atoms with Gasteiger partial charge in [-0.1, -0.05) is 31.2 Å². The minimum atomic E-state index is 0.0402. The van der Waals surface area contributed by atoms with Crippen molar-refractivity contribution < 1.29 is 4.79 Å². The van der Waals surface area contributed by atoms with Crippen molar-refractivity contribution in [3.05, 3.63) is 53.3 Å². The first kappa shape index (κ1) is 13.9. The van der Waals surface area contributed by atoms with Crippen molar-refractivity contribution in [1.29, 1.82) is 0 Å². The van der Waals surface area contributed by atoms with Crippen molar-refractivity contribution in [2.45, 2.75) is 38.0 Å². The van der Waals surface area contributed by atoms with Gasteiger partial charge >= 0.3 is 0 Å². The van der Waals surface area contributed by atoms with Gasteiger partial charge in [0.1, 0.15) is 0 Å². The quantitative estimate of drug-likeness (QED) is 0.905. The molecule has 0 radical (unpaired) electrons. The van der Waals surface area contributed by atoms with Crippen LogP contribution in [0, 0.1) is 0 Å². The number of aromatic nitrogens is 2. The summed E-state index contributed by atoms with van der Waals surface area (Å²) >= 11 is 0. The minimum Gasteiger partial charge on any atom is -0.355 e. The van der Waals surface area contributed by atoms with Gasteiger partial charge in [-0.2, -0.15) is 5.10 Å². The summed E-state index contributed by atoms with van der Waals surface area (Å²) in [4.78, 5) is 12.0. The molecule has 2 aromatic rings. The third kappa shape index (κ3) is 2.99. The lowest BCUT2D eigenvalue weighted by molar-refractivity contribution is -0.120. The third-order valence-corrected chi connectivity index (χ3v) is 4.43. The average Bonchev–Trinajstić information content (AvgIpc) is 2.99. The Kier molecular flexibility index (Phi) is 3.78. The summed E-state index contributed by atoms with van der Waals surface area (Å²) in [6.07, 6.45) is 5.48. The number of carbonyl (C=O) groups is 1. The Balaban J connectivity index is 1.66. The van der Waals surface area contributed by atoms with E-state index in [-0.39, 0.29) is 11.3 Å². The number of carbonyl (C=O) groups excluding carboxylic acids is 1. The van der Waals surface area contributed by atoms with Crippen molar-refractivity contribution in [1.82, 2.24) is 15.5 Å². The van der Waals surface area contributed by atoms with Crippen LogP contribution in [0.4, 0.5) is 0 Å². The van der Waals surface area contributed by atoms with E-state index in [1.54, 1.807) is 6.20 Å².